The third-order valence-electron chi connectivity index (χ3n) is 3.44. The van der Waals surface area contributed by atoms with E-state index in [-0.39, 0.29) is 18.2 Å². The molecule has 0 aromatic carbocycles. The summed E-state index contributed by atoms with van der Waals surface area (Å²) in [5.41, 5.74) is 5.37. The fraction of sp³-hybridized carbons (Fsp3) is 0.800. The van der Waals surface area contributed by atoms with E-state index in [1.54, 1.807) is 0 Å². The maximum absolute atomic E-state index is 11.5. The molecule has 0 bridgehead atoms. The van der Waals surface area contributed by atoms with Crippen LogP contribution in [0.4, 0.5) is 0 Å². The maximum atomic E-state index is 11.5. The molecule has 0 saturated heterocycles. The van der Waals surface area contributed by atoms with Crippen LogP contribution in [-0.4, -0.2) is 36.6 Å². The highest BCUT2D eigenvalue weighted by atomic mass is 16.1. The van der Waals surface area contributed by atoms with Crippen molar-refractivity contribution in [1.29, 1.82) is 0 Å². The number of carbonyl (C=O) groups is 1. The largest absolute Gasteiger partial charge is 0.324 e. The van der Waals surface area contributed by atoms with Gasteiger partial charge in [-0.2, -0.15) is 5.10 Å². The first-order valence-electron chi connectivity index (χ1n) is 5.22. The molecule has 0 aromatic heterocycles. The van der Waals surface area contributed by atoms with Crippen molar-refractivity contribution in [2.45, 2.75) is 25.3 Å². The van der Waals surface area contributed by atoms with E-state index < -0.39 is 0 Å². The van der Waals surface area contributed by atoms with Gasteiger partial charge in [-0.25, -0.2) is 0 Å². The molecule has 78 valence electrons. The quantitative estimate of drug-likeness (QED) is 0.686. The van der Waals surface area contributed by atoms with Gasteiger partial charge in [0.1, 0.15) is 5.78 Å². The Morgan fingerprint density at radius 3 is 3.14 bits per heavy atom. The van der Waals surface area contributed by atoms with Crippen molar-refractivity contribution in [2.24, 2.45) is 22.7 Å². The molecule has 1 aliphatic heterocycles. The molecule has 1 heterocycles. The summed E-state index contributed by atoms with van der Waals surface area (Å²) in [5, 5.41) is 6.29. The first kappa shape index (κ1) is 9.65. The summed E-state index contributed by atoms with van der Waals surface area (Å²) < 4.78 is 0. The van der Waals surface area contributed by atoms with Crippen LogP contribution in [0.3, 0.4) is 0 Å². The molecule has 0 spiro atoms. The van der Waals surface area contributed by atoms with Gasteiger partial charge in [0, 0.05) is 25.1 Å². The van der Waals surface area contributed by atoms with Gasteiger partial charge in [0.25, 0.3) is 0 Å². The Morgan fingerprint density at radius 2 is 2.43 bits per heavy atom. The molecule has 3 atom stereocenters. The average molecular weight is 195 g/mol. The summed E-state index contributed by atoms with van der Waals surface area (Å²) in [6, 6.07) is 0.525. The number of hydrogen-bond donors (Lipinski definition) is 1. The van der Waals surface area contributed by atoms with Gasteiger partial charge in [-0.3, -0.25) is 9.80 Å². The zero-order valence-electron chi connectivity index (χ0n) is 8.52. The van der Waals surface area contributed by atoms with Crippen molar-refractivity contribution in [3.8, 4) is 0 Å². The number of rotatable bonds is 2. The van der Waals surface area contributed by atoms with Gasteiger partial charge in [0.15, 0.2) is 0 Å². The average Bonchev–Trinajstić information content (AvgIpc) is 2.59. The Kier molecular flexibility index (Phi) is 2.54. The zero-order valence-corrected chi connectivity index (χ0v) is 8.52. The van der Waals surface area contributed by atoms with Crippen LogP contribution in [0.2, 0.25) is 0 Å². The first-order chi connectivity index (χ1) is 6.72. The topological polar surface area (TPSA) is 58.7 Å². The smallest absolute Gasteiger partial charge is 0.149 e. The van der Waals surface area contributed by atoms with Gasteiger partial charge in [-0.1, -0.05) is 0 Å². The van der Waals surface area contributed by atoms with Gasteiger partial charge in [0.2, 0.25) is 0 Å². The van der Waals surface area contributed by atoms with Crippen molar-refractivity contribution in [3.05, 3.63) is 0 Å². The zero-order chi connectivity index (χ0) is 10.1. The summed E-state index contributed by atoms with van der Waals surface area (Å²) in [6.45, 7) is 0.190. The third-order valence-corrected chi connectivity index (χ3v) is 3.44. The lowest BCUT2D eigenvalue weighted by Gasteiger charge is -2.32. The second-order valence-electron chi connectivity index (χ2n) is 4.25. The highest BCUT2D eigenvalue weighted by Gasteiger charge is 2.36. The van der Waals surface area contributed by atoms with Crippen LogP contribution in [0.15, 0.2) is 5.10 Å². The Balaban J connectivity index is 1.99. The lowest BCUT2D eigenvalue weighted by Crippen LogP contribution is -2.38. The van der Waals surface area contributed by atoms with Gasteiger partial charge >= 0.3 is 0 Å². The molecule has 2 N–H and O–H groups in total. The Bertz CT molecular complexity index is 264. The van der Waals surface area contributed by atoms with E-state index in [4.69, 9.17) is 5.73 Å². The Hall–Kier alpha value is -0.900. The number of hydrazone groups is 1. The second-order valence-corrected chi connectivity index (χ2v) is 4.25. The van der Waals surface area contributed by atoms with Crippen LogP contribution in [0.25, 0.3) is 0 Å². The Labute approximate surface area is 84.1 Å². The highest BCUT2D eigenvalue weighted by Crippen LogP contribution is 2.34. The Morgan fingerprint density at radius 1 is 1.64 bits per heavy atom. The van der Waals surface area contributed by atoms with E-state index in [0.29, 0.717) is 12.0 Å². The summed E-state index contributed by atoms with van der Waals surface area (Å²) in [5.74, 6) is 0.861. The van der Waals surface area contributed by atoms with Gasteiger partial charge in [-0.05, 0) is 19.3 Å². The number of nitrogens with zero attached hydrogens (tertiary/aromatic N) is 2. The van der Waals surface area contributed by atoms with E-state index in [0.717, 1.165) is 19.3 Å². The molecular formula is C10H17N3O. The lowest BCUT2D eigenvalue weighted by atomic mass is 9.77. The molecule has 0 amide bonds. The highest BCUT2D eigenvalue weighted by molar-refractivity contribution is 5.83. The first-order valence-corrected chi connectivity index (χ1v) is 5.22. The van der Waals surface area contributed by atoms with Gasteiger partial charge in [-0.15, -0.1) is 0 Å². The molecule has 1 saturated carbocycles. The van der Waals surface area contributed by atoms with Gasteiger partial charge < -0.3 is 5.73 Å². The fourth-order valence-electron chi connectivity index (χ4n) is 2.55. The predicted molar refractivity (Wildman–Crippen MR) is 54.9 cm³/mol. The number of ketones is 1. The van der Waals surface area contributed by atoms with Crippen molar-refractivity contribution >= 4 is 12.0 Å². The molecular weight excluding hydrogens is 178 g/mol. The molecule has 4 nitrogen and oxygen atoms in total. The second kappa shape index (κ2) is 3.69. The van der Waals surface area contributed by atoms with Crippen LogP contribution < -0.4 is 5.73 Å². The van der Waals surface area contributed by atoms with E-state index in [9.17, 15) is 4.79 Å². The maximum Gasteiger partial charge on any atom is 0.149 e. The van der Waals surface area contributed by atoms with Crippen molar-refractivity contribution in [2.75, 3.05) is 13.6 Å². The van der Waals surface area contributed by atoms with E-state index in [2.05, 4.69) is 5.10 Å². The molecule has 2 rings (SSSR count). The minimum Gasteiger partial charge on any atom is -0.324 e. The summed E-state index contributed by atoms with van der Waals surface area (Å²) in [6.07, 6.45) is 4.97. The summed E-state index contributed by atoms with van der Waals surface area (Å²) >= 11 is 0. The summed E-state index contributed by atoms with van der Waals surface area (Å²) in [7, 11) is 2.01. The van der Waals surface area contributed by atoms with Crippen molar-refractivity contribution in [3.63, 3.8) is 0 Å². The molecule has 0 aromatic rings. The molecule has 0 radical (unpaired) electrons. The molecule has 2 aliphatic rings. The normalized spacial score (nSPS) is 35.9. The van der Waals surface area contributed by atoms with E-state index >= 15 is 0 Å². The van der Waals surface area contributed by atoms with Gasteiger partial charge in [0.05, 0.1) is 12.6 Å². The van der Waals surface area contributed by atoms with Crippen molar-refractivity contribution < 1.29 is 4.79 Å². The number of nitrogens with two attached hydrogens (primary N) is 1. The molecule has 14 heavy (non-hydrogen) atoms. The van der Waals surface area contributed by atoms with E-state index in [1.165, 1.54) is 0 Å². The minimum absolute atomic E-state index is 0.180. The van der Waals surface area contributed by atoms with Crippen LogP contribution in [0.1, 0.15) is 19.3 Å². The predicted octanol–water partition coefficient (Wildman–Crippen LogP) is 0.230. The monoisotopic (exact) mass is 195 g/mol. The molecule has 1 fully saturated rings. The van der Waals surface area contributed by atoms with Crippen LogP contribution in [0.5, 0.6) is 0 Å². The third kappa shape index (κ3) is 1.54. The van der Waals surface area contributed by atoms with Crippen molar-refractivity contribution in [1.82, 2.24) is 5.01 Å². The van der Waals surface area contributed by atoms with E-state index in [1.807, 2.05) is 18.3 Å². The summed E-state index contributed by atoms with van der Waals surface area (Å²) in [4.78, 5) is 11.5. The number of hydrogen-bond acceptors (Lipinski definition) is 4. The minimum atomic E-state index is 0.180. The number of carbonyl (C=O) groups excluding carboxylic acids is 1. The fourth-order valence-corrected chi connectivity index (χ4v) is 2.55. The molecule has 4 heteroatoms. The lowest BCUT2D eigenvalue weighted by molar-refractivity contribution is -0.123. The standard InChI is InChI=1S/C10H17N3O/c1-13-9-3-2-7(10(14)5-11)4-8(9)6-12-13/h6-9H,2-5,11H2,1H3. The van der Waals surface area contributed by atoms with Crippen LogP contribution in [0, 0.1) is 11.8 Å². The number of Topliss-reactive ketones (excluding diaryl/α,β-unsaturated/α-hetero) is 1. The number of fused-ring (bicyclic) bond motifs is 1. The van der Waals surface area contributed by atoms with Crippen LogP contribution >= 0.6 is 0 Å². The molecule has 1 aliphatic carbocycles. The SMILES string of the molecule is CN1N=CC2CC(C(=O)CN)CCC21. The van der Waals surface area contributed by atoms with Crippen LogP contribution in [-0.2, 0) is 4.79 Å². The molecule has 3 unspecified atom stereocenters.